The predicted octanol–water partition coefficient (Wildman–Crippen LogP) is 3.22. The van der Waals surface area contributed by atoms with Gasteiger partial charge < -0.3 is 19.3 Å². The maximum atomic E-state index is 9.62. The van der Waals surface area contributed by atoms with Gasteiger partial charge in [-0.2, -0.15) is 0 Å². The molecule has 1 aliphatic heterocycles. The van der Waals surface area contributed by atoms with Crippen LogP contribution in [0.15, 0.2) is 36.4 Å². The summed E-state index contributed by atoms with van der Waals surface area (Å²) < 4.78 is 16.6. The monoisotopic (exact) mass is 282 g/mol. The third-order valence-corrected chi connectivity index (χ3v) is 3.93. The van der Waals surface area contributed by atoms with Crippen molar-refractivity contribution in [2.75, 3.05) is 13.9 Å². The summed E-state index contributed by atoms with van der Waals surface area (Å²) in [5, 5.41) is 13.6. The molecule has 1 heterocycles. The van der Waals surface area contributed by atoms with E-state index in [0.29, 0.717) is 5.75 Å². The van der Waals surface area contributed by atoms with Gasteiger partial charge in [-0.25, -0.2) is 0 Å². The number of aliphatic hydroxyl groups is 1. The maximum absolute atomic E-state index is 9.62. The van der Waals surface area contributed by atoms with Crippen molar-refractivity contribution in [2.24, 2.45) is 0 Å². The van der Waals surface area contributed by atoms with E-state index >= 15 is 0 Å². The standard InChI is InChI=1S/C17H14O4/c1-19-14-4-2-3-13-12(14)6-5-11-10(8-18)7-15-17(16(11)13)21-9-20-15/h2-7,18H,8-9H2,1H3. The highest BCUT2D eigenvalue weighted by atomic mass is 16.7. The summed E-state index contributed by atoms with van der Waals surface area (Å²) in [5.41, 5.74) is 0.832. The number of methoxy groups -OCH3 is 1. The second kappa shape index (κ2) is 4.53. The molecular weight excluding hydrogens is 268 g/mol. The molecular formula is C17H14O4. The van der Waals surface area contributed by atoms with E-state index in [0.717, 1.165) is 38.6 Å². The van der Waals surface area contributed by atoms with Crippen LogP contribution in [0.1, 0.15) is 5.56 Å². The highest BCUT2D eigenvalue weighted by Crippen LogP contribution is 2.45. The lowest BCUT2D eigenvalue weighted by molar-refractivity contribution is 0.174. The average Bonchev–Trinajstić information content (AvgIpc) is 3.00. The van der Waals surface area contributed by atoms with E-state index in [2.05, 4.69) is 0 Å². The van der Waals surface area contributed by atoms with Crippen LogP contribution in [0.2, 0.25) is 0 Å². The summed E-state index contributed by atoms with van der Waals surface area (Å²) >= 11 is 0. The Morgan fingerprint density at radius 1 is 1.10 bits per heavy atom. The van der Waals surface area contributed by atoms with Gasteiger partial charge in [-0.1, -0.05) is 24.3 Å². The quantitative estimate of drug-likeness (QED) is 0.733. The predicted molar refractivity (Wildman–Crippen MR) is 80.1 cm³/mol. The summed E-state index contributed by atoms with van der Waals surface area (Å²) in [6, 6.07) is 11.8. The SMILES string of the molecule is COc1cccc2c1ccc1c(CO)cc3c(c12)OCO3. The van der Waals surface area contributed by atoms with Crippen molar-refractivity contribution >= 4 is 21.5 Å². The van der Waals surface area contributed by atoms with Crippen molar-refractivity contribution < 1.29 is 19.3 Å². The molecule has 1 N–H and O–H groups in total. The van der Waals surface area contributed by atoms with Gasteiger partial charge >= 0.3 is 0 Å². The Hall–Kier alpha value is -2.46. The van der Waals surface area contributed by atoms with Gasteiger partial charge in [0.05, 0.1) is 13.7 Å². The van der Waals surface area contributed by atoms with Crippen LogP contribution in [0.4, 0.5) is 0 Å². The summed E-state index contributed by atoms with van der Waals surface area (Å²) in [5.74, 6) is 2.24. The molecule has 4 nitrogen and oxygen atoms in total. The first-order valence-corrected chi connectivity index (χ1v) is 6.75. The first-order valence-electron chi connectivity index (χ1n) is 6.75. The fourth-order valence-corrected chi connectivity index (χ4v) is 2.98. The normalized spacial score (nSPS) is 13.0. The molecule has 0 spiro atoms. The third kappa shape index (κ3) is 1.66. The van der Waals surface area contributed by atoms with E-state index in [9.17, 15) is 5.11 Å². The minimum Gasteiger partial charge on any atom is -0.496 e. The minimum atomic E-state index is -0.0391. The second-order valence-corrected chi connectivity index (χ2v) is 4.97. The molecule has 0 saturated carbocycles. The zero-order chi connectivity index (χ0) is 14.4. The van der Waals surface area contributed by atoms with Crippen LogP contribution in [0, 0.1) is 0 Å². The van der Waals surface area contributed by atoms with E-state index in [1.807, 2.05) is 36.4 Å². The summed E-state index contributed by atoms with van der Waals surface area (Å²) in [7, 11) is 1.66. The Bertz CT molecular complexity index is 854. The molecule has 3 aromatic rings. The van der Waals surface area contributed by atoms with E-state index in [1.54, 1.807) is 7.11 Å². The number of ether oxygens (including phenoxy) is 3. The lowest BCUT2D eigenvalue weighted by Gasteiger charge is -2.12. The fourth-order valence-electron chi connectivity index (χ4n) is 2.98. The molecule has 1 aliphatic rings. The van der Waals surface area contributed by atoms with E-state index in [-0.39, 0.29) is 13.4 Å². The van der Waals surface area contributed by atoms with E-state index < -0.39 is 0 Å². The van der Waals surface area contributed by atoms with E-state index in [1.165, 1.54) is 0 Å². The third-order valence-electron chi connectivity index (χ3n) is 3.93. The Morgan fingerprint density at radius 2 is 1.95 bits per heavy atom. The maximum Gasteiger partial charge on any atom is 0.231 e. The largest absolute Gasteiger partial charge is 0.496 e. The number of benzene rings is 3. The van der Waals surface area contributed by atoms with Crippen molar-refractivity contribution in [2.45, 2.75) is 6.61 Å². The van der Waals surface area contributed by atoms with Crippen molar-refractivity contribution in [3.63, 3.8) is 0 Å². The van der Waals surface area contributed by atoms with E-state index in [4.69, 9.17) is 14.2 Å². The molecule has 0 radical (unpaired) electrons. The summed E-state index contributed by atoms with van der Waals surface area (Å²) in [6.45, 7) is 0.169. The molecule has 4 heteroatoms. The van der Waals surface area contributed by atoms with Crippen LogP contribution in [0.5, 0.6) is 17.2 Å². The van der Waals surface area contributed by atoms with Crippen molar-refractivity contribution in [3.8, 4) is 17.2 Å². The smallest absolute Gasteiger partial charge is 0.231 e. The number of aliphatic hydroxyl groups excluding tert-OH is 1. The molecule has 0 aromatic heterocycles. The van der Waals surface area contributed by atoms with Crippen molar-refractivity contribution in [1.82, 2.24) is 0 Å². The molecule has 0 unspecified atom stereocenters. The molecule has 3 aromatic carbocycles. The topological polar surface area (TPSA) is 47.9 Å². The fraction of sp³-hybridized carbons (Fsp3) is 0.176. The van der Waals surface area contributed by atoms with Crippen LogP contribution < -0.4 is 14.2 Å². The molecule has 106 valence electrons. The van der Waals surface area contributed by atoms with Crippen molar-refractivity contribution in [1.29, 1.82) is 0 Å². The van der Waals surface area contributed by atoms with Gasteiger partial charge in [-0.15, -0.1) is 0 Å². The zero-order valence-electron chi connectivity index (χ0n) is 11.6. The summed E-state index contributed by atoms with van der Waals surface area (Å²) in [6.07, 6.45) is 0. The molecule has 21 heavy (non-hydrogen) atoms. The Balaban J connectivity index is 2.22. The zero-order valence-corrected chi connectivity index (χ0v) is 11.6. The van der Waals surface area contributed by atoms with Crippen LogP contribution >= 0.6 is 0 Å². The lowest BCUT2D eigenvalue weighted by atomic mass is 9.97. The molecule has 0 saturated heterocycles. The molecule has 0 atom stereocenters. The van der Waals surface area contributed by atoms with Crippen LogP contribution in [-0.4, -0.2) is 19.0 Å². The number of fused-ring (bicyclic) bond motifs is 5. The first kappa shape index (κ1) is 12.3. The van der Waals surface area contributed by atoms with Gasteiger partial charge in [0.25, 0.3) is 0 Å². The molecule has 0 fully saturated rings. The summed E-state index contributed by atoms with van der Waals surface area (Å²) in [4.78, 5) is 0. The molecule has 0 bridgehead atoms. The van der Waals surface area contributed by atoms with Crippen LogP contribution in [0.3, 0.4) is 0 Å². The van der Waals surface area contributed by atoms with Gasteiger partial charge in [0.15, 0.2) is 11.5 Å². The molecule has 0 amide bonds. The second-order valence-electron chi connectivity index (χ2n) is 4.97. The Kier molecular flexibility index (Phi) is 2.65. The number of hydrogen-bond acceptors (Lipinski definition) is 4. The molecule has 4 rings (SSSR count). The van der Waals surface area contributed by atoms with Gasteiger partial charge in [0.1, 0.15) is 5.75 Å². The van der Waals surface area contributed by atoms with Gasteiger partial charge in [0.2, 0.25) is 6.79 Å². The highest BCUT2D eigenvalue weighted by molar-refractivity contribution is 6.14. The van der Waals surface area contributed by atoms with Crippen molar-refractivity contribution in [3.05, 3.63) is 42.0 Å². The lowest BCUT2D eigenvalue weighted by Crippen LogP contribution is -1.93. The minimum absolute atomic E-state index is 0.0391. The van der Waals surface area contributed by atoms with Gasteiger partial charge in [0, 0.05) is 10.8 Å². The number of hydrogen-bond donors (Lipinski definition) is 1. The molecule has 0 aliphatic carbocycles. The van der Waals surface area contributed by atoms with Crippen LogP contribution in [-0.2, 0) is 6.61 Å². The van der Waals surface area contributed by atoms with Gasteiger partial charge in [-0.3, -0.25) is 0 Å². The first-order chi connectivity index (χ1) is 10.3. The number of rotatable bonds is 2. The average molecular weight is 282 g/mol. The van der Waals surface area contributed by atoms with Crippen LogP contribution in [0.25, 0.3) is 21.5 Å². The van der Waals surface area contributed by atoms with Gasteiger partial charge in [-0.05, 0) is 28.5 Å². The Labute approximate surface area is 121 Å². The Morgan fingerprint density at radius 3 is 2.76 bits per heavy atom. The highest BCUT2D eigenvalue weighted by Gasteiger charge is 2.21.